The highest BCUT2D eigenvalue weighted by molar-refractivity contribution is 4.65. The molecule has 1 aliphatic rings. The van der Waals surface area contributed by atoms with Gasteiger partial charge in [-0.15, -0.1) is 0 Å². The fraction of sp³-hybridized carbons (Fsp3) is 1.00. The van der Waals surface area contributed by atoms with E-state index in [0.29, 0.717) is 0 Å². The number of hydrogen-bond donors (Lipinski definition) is 1. The zero-order chi connectivity index (χ0) is 6.69. The predicted molar refractivity (Wildman–Crippen MR) is 39.0 cm³/mol. The Morgan fingerprint density at radius 1 is 1.56 bits per heavy atom. The number of hydrazine groups is 1. The van der Waals surface area contributed by atoms with Crippen LogP contribution in [0.25, 0.3) is 0 Å². The van der Waals surface area contributed by atoms with Crippen LogP contribution < -0.4 is 5.43 Å². The molecular formula is C7H16N2. The van der Waals surface area contributed by atoms with E-state index in [1.165, 1.54) is 25.9 Å². The van der Waals surface area contributed by atoms with Crippen molar-refractivity contribution in [1.82, 2.24) is 10.4 Å². The fourth-order valence-corrected chi connectivity index (χ4v) is 1.39. The van der Waals surface area contributed by atoms with Crippen molar-refractivity contribution in [3.63, 3.8) is 0 Å². The number of nitrogens with zero attached hydrogens (tertiary/aromatic N) is 1. The molecule has 1 N–H and O–H groups in total. The largest absolute Gasteiger partial charge is 0.258 e. The Bertz CT molecular complexity index is 83.0. The van der Waals surface area contributed by atoms with E-state index in [1.54, 1.807) is 0 Å². The lowest BCUT2D eigenvalue weighted by Gasteiger charge is -2.29. The maximum atomic E-state index is 3.17. The van der Waals surface area contributed by atoms with E-state index in [9.17, 15) is 0 Å². The molecule has 2 nitrogen and oxygen atoms in total. The first-order chi connectivity index (χ1) is 4.33. The lowest BCUT2D eigenvalue weighted by Crippen LogP contribution is -2.42. The van der Waals surface area contributed by atoms with E-state index in [2.05, 4.69) is 17.4 Å². The maximum absolute atomic E-state index is 3.17. The van der Waals surface area contributed by atoms with Gasteiger partial charge in [0.05, 0.1) is 0 Å². The Balaban J connectivity index is 2.23. The van der Waals surface area contributed by atoms with E-state index in [0.717, 1.165) is 5.92 Å². The van der Waals surface area contributed by atoms with Crippen molar-refractivity contribution < 1.29 is 0 Å². The summed E-state index contributed by atoms with van der Waals surface area (Å²) in [6, 6.07) is 0. The predicted octanol–water partition coefficient (Wildman–Crippen LogP) is 0.853. The van der Waals surface area contributed by atoms with Gasteiger partial charge in [0, 0.05) is 13.1 Å². The molecule has 1 fully saturated rings. The van der Waals surface area contributed by atoms with Crippen LogP contribution in [0.5, 0.6) is 0 Å². The monoisotopic (exact) mass is 128 g/mol. The smallest absolute Gasteiger partial charge is 0.0156 e. The molecule has 0 saturated carbocycles. The van der Waals surface area contributed by atoms with Crippen molar-refractivity contribution in [2.75, 3.05) is 20.1 Å². The lowest BCUT2D eigenvalue weighted by molar-refractivity contribution is 0.135. The Morgan fingerprint density at radius 3 is 2.78 bits per heavy atom. The summed E-state index contributed by atoms with van der Waals surface area (Å²) in [6.07, 6.45) is 2.75. The summed E-state index contributed by atoms with van der Waals surface area (Å²) in [6.45, 7) is 4.75. The van der Waals surface area contributed by atoms with Crippen LogP contribution in [0.2, 0.25) is 0 Å². The average molecular weight is 128 g/mol. The Hall–Kier alpha value is -0.0800. The minimum Gasteiger partial charge on any atom is -0.258 e. The van der Waals surface area contributed by atoms with Crippen molar-refractivity contribution in [1.29, 1.82) is 0 Å². The molecule has 0 aromatic carbocycles. The summed E-state index contributed by atoms with van der Waals surface area (Å²) >= 11 is 0. The standard InChI is InChI=1S/C7H16N2/c1-7-4-3-5-9(6-7)8-2/h7-8H,3-6H2,1-2H3/t7-/m0/s1. The number of nitrogens with one attached hydrogen (secondary N) is 1. The van der Waals surface area contributed by atoms with Gasteiger partial charge in [-0.25, -0.2) is 5.01 Å². The van der Waals surface area contributed by atoms with Crippen molar-refractivity contribution in [3.05, 3.63) is 0 Å². The Kier molecular flexibility index (Phi) is 2.49. The van der Waals surface area contributed by atoms with E-state index in [-0.39, 0.29) is 0 Å². The molecule has 1 atom stereocenters. The number of rotatable bonds is 1. The molecule has 9 heavy (non-hydrogen) atoms. The molecular weight excluding hydrogens is 112 g/mol. The first kappa shape index (κ1) is 7.03. The quantitative estimate of drug-likeness (QED) is 0.563. The third-order valence-corrected chi connectivity index (χ3v) is 1.97. The van der Waals surface area contributed by atoms with Gasteiger partial charge in [0.1, 0.15) is 0 Å². The molecule has 0 bridgehead atoms. The molecule has 54 valence electrons. The topological polar surface area (TPSA) is 15.3 Å². The minimum atomic E-state index is 0.881. The summed E-state index contributed by atoms with van der Waals surface area (Å²) in [5.41, 5.74) is 3.17. The molecule has 1 aliphatic heterocycles. The highest BCUT2D eigenvalue weighted by Gasteiger charge is 2.13. The minimum absolute atomic E-state index is 0.881. The molecule has 0 amide bonds. The van der Waals surface area contributed by atoms with Crippen LogP contribution in [-0.2, 0) is 0 Å². The number of hydrogen-bond acceptors (Lipinski definition) is 2. The van der Waals surface area contributed by atoms with Crippen LogP contribution >= 0.6 is 0 Å². The summed E-state index contributed by atoms with van der Waals surface area (Å²) in [7, 11) is 2.00. The van der Waals surface area contributed by atoms with Gasteiger partial charge in [-0.1, -0.05) is 6.92 Å². The van der Waals surface area contributed by atoms with Gasteiger partial charge in [-0.2, -0.15) is 0 Å². The van der Waals surface area contributed by atoms with Gasteiger partial charge in [-0.05, 0) is 25.8 Å². The zero-order valence-corrected chi connectivity index (χ0v) is 6.35. The summed E-state index contributed by atoms with van der Waals surface area (Å²) in [5.74, 6) is 0.881. The molecule has 2 heteroatoms. The van der Waals surface area contributed by atoms with Gasteiger partial charge in [0.15, 0.2) is 0 Å². The molecule has 0 spiro atoms. The normalized spacial score (nSPS) is 30.7. The van der Waals surface area contributed by atoms with Crippen molar-refractivity contribution >= 4 is 0 Å². The number of piperidine rings is 1. The SMILES string of the molecule is CNN1CCC[C@H](C)C1. The van der Waals surface area contributed by atoms with E-state index in [4.69, 9.17) is 0 Å². The van der Waals surface area contributed by atoms with Crippen molar-refractivity contribution in [3.8, 4) is 0 Å². The highest BCUT2D eigenvalue weighted by atomic mass is 15.5. The molecule has 0 aliphatic carbocycles. The molecule has 0 radical (unpaired) electrons. The maximum Gasteiger partial charge on any atom is 0.0156 e. The van der Waals surface area contributed by atoms with Crippen LogP contribution in [0.15, 0.2) is 0 Å². The second-order valence-electron chi connectivity index (χ2n) is 2.92. The molecule has 0 unspecified atom stereocenters. The molecule has 1 heterocycles. The first-order valence-electron chi connectivity index (χ1n) is 3.75. The highest BCUT2D eigenvalue weighted by Crippen LogP contribution is 2.12. The summed E-state index contributed by atoms with van der Waals surface area (Å²) in [5, 5.41) is 2.29. The average Bonchev–Trinajstić information content (AvgIpc) is 1.88. The van der Waals surface area contributed by atoms with Crippen molar-refractivity contribution in [2.45, 2.75) is 19.8 Å². The molecule has 1 rings (SSSR count). The second-order valence-corrected chi connectivity index (χ2v) is 2.92. The summed E-state index contributed by atoms with van der Waals surface area (Å²) in [4.78, 5) is 0. The van der Waals surface area contributed by atoms with Crippen LogP contribution in [0, 0.1) is 5.92 Å². The lowest BCUT2D eigenvalue weighted by atomic mass is 10.0. The van der Waals surface area contributed by atoms with Crippen LogP contribution in [0.3, 0.4) is 0 Å². The van der Waals surface area contributed by atoms with E-state index < -0.39 is 0 Å². The zero-order valence-electron chi connectivity index (χ0n) is 6.35. The van der Waals surface area contributed by atoms with Gasteiger partial charge in [0.2, 0.25) is 0 Å². The van der Waals surface area contributed by atoms with Crippen molar-refractivity contribution in [2.24, 2.45) is 5.92 Å². The van der Waals surface area contributed by atoms with Crippen LogP contribution in [0.4, 0.5) is 0 Å². The first-order valence-corrected chi connectivity index (χ1v) is 3.75. The fourth-order valence-electron chi connectivity index (χ4n) is 1.39. The van der Waals surface area contributed by atoms with Gasteiger partial charge < -0.3 is 0 Å². The Morgan fingerprint density at radius 2 is 2.33 bits per heavy atom. The molecule has 0 aromatic rings. The second kappa shape index (κ2) is 3.18. The van der Waals surface area contributed by atoms with Crippen LogP contribution in [0.1, 0.15) is 19.8 Å². The van der Waals surface area contributed by atoms with E-state index in [1.807, 2.05) is 7.05 Å². The third kappa shape index (κ3) is 1.95. The van der Waals surface area contributed by atoms with Gasteiger partial charge in [0.25, 0.3) is 0 Å². The molecule has 1 saturated heterocycles. The van der Waals surface area contributed by atoms with Gasteiger partial charge in [-0.3, -0.25) is 5.43 Å². The summed E-state index contributed by atoms with van der Waals surface area (Å²) < 4.78 is 0. The van der Waals surface area contributed by atoms with E-state index >= 15 is 0 Å². The Labute approximate surface area is 57.2 Å². The third-order valence-electron chi connectivity index (χ3n) is 1.97. The van der Waals surface area contributed by atoms with Crippen LogP contribution in [-0.4, -0.2) is 25.1 Å². The van der Waals surface area contributed by atoms with Gasteiger partial charge >= 0.3 is 0 Å². The molecule has 0 aromatic heterocycles.